The van der Waals surface area contributed by atoms with E-state index in [0.29, 0.717) is 11.2 Å². The second-order valence-corrected chi connectivity index (χ2v) is 5.70. The minimum absolute atomic E-state index is 0.0848. The van der Waals surface area contributed by atoms with E-state index in [9.17, 15) is 14.7 Å². The van der Waals surface area contributed by atoms with Gasteiger partial charge in [-0.1, -0.05) is 24.3 Å². The third kappa shape index (κ3) is 3.00. The number of benzene rings is 1. The Hall–Kier alpha value is -3.46. The summed E-state index contributed by atoms with van der Waals surface area (Å²) in [6.07, 6.45) is 0.622. The van der Waals surface area contributed by atoms with Gasteiger partial charge in [-0.3, -0.25) is 14.6 Å². The maximum Gasteiger partial charge on any atom is 0.319 e. The van der Waals surface area contributed by atoms with E-state index >= 15 is 0 Å². The van der Waals surface area contributed by atoms with Gasteiger partial charge in [0.05, 0.1) is 24.3 Å². The van der Waals surface area contributed by atoms with Crippen molar-refractivity contribution in [2.24, 2.45) is 5.41 Å². The van der Waals surface area contributed by atoms with Crippen LogP contribution < -0.4 is 0 Å². The molecule has 6 nitrogen and oxygen atoms in total. The summed E-state index contributed by atoms with van der Waals surface area (Å²) in [5.41, 5.74) is -0.819. The van der Waals surface area contributed by atoms with Crippen molar-refractivity contribution in [3.63, 3.8) is 0 Å². The molecule has 0 saturated carbocycles. The highest BCUT2D eigenvalue weighted by Crippen LogP contribution is 2.32. The van der Waals surface area contributed by atoms with Crippen LogP contribution in [0.5, 0.6) is 0 Å². The molecule has 1 aromatic carbocycles. The number of hydrogen-bond acceptors (Lipinski definition) is 5. The normalized spacial score (nSPS) is 13.1. The third-order valence-electron chi connectivity index (χ3n) is 4.11. The Bertz CT molecular complexity index is 973. The highest BCUT2D eigenvalue weighted by atomic mass is 16.4. The molecule has 0 saturated heterocycles. The van der Waals surface area contributed by atoms with E-state index in [1.807, 2.05) is 30.3 Å². The van der Waals surface area contributed by atoms with Crippen LogP contribution in [0, 0.1) is 16.7 Å². The molecule has 0 aliphatic rings. The van der Waals surface area contributed by atoms with Crippen molar-refractivity contribution in [3.05, 3.63) is 66.2 Å². The number of carboxylic acids is 1. The highest BCUT2D eigenvalue weighted by molar-refractivity contribution is 6.11. The average molecular weight is 334 g/mol. The molecular weight excluding hydrogens is 320 g/mol. The molecule has 0 aliphatic heterocycles. The summed E-state index contributed by atoms with van der Waals surface area (Å²) >= 11 is 0. The summed E-state index contributed by atoms with van der Waals surface area (Å²) < 4.78 is 5.06. The summed E-state index contributed by atoms with van der Waals surface area (Å²) in [6, 6.07) is 15.6. The Kier molecular flexibility index (Phi) is 4.31. The summed E-state index contributed by atoms with van der Waals surface area (Å²) in [6.45, 7) is 0. The Labute approximate surface area is 143 Å². The lowest BCUT2D eigenvalue weighted by Gasteiger charge is -2.24. The number of rotatable bonds is 6. The van der Waals surface area contributed by atoms with Crippen molar-refractivity contribution in [1.82, 2.24) is 4.98 Å². The zero-order chi connectivity index (χ0) is 17.9. The minimum Gasteiger partial charge on any atom is -0.480 e. The first-order valence-corrected chi connectivity index (χ1v) is 7.60. The van der Waals surface area contributed by atoms with Crippen LogP contribution >= 0.6 is 0 Å². The van der Waals surface area contributed by atoms with Crippen LogP contribution in [-0.4, -0.2) is 21.8 Å². The van der Waals surface area contributed by atoms with E-state index in [-0.39, 0.29) is 12.2 Å². The van der Waals surface area contributed by atoms with Crippen LogP contribution in [0.15, 0.2) is 59.2 Å². The van der Waals surface area contributed by atoms with Crippen LogP contribution in [0.2, 0.25) is 0 Å². The van der Waals surface area contributed by atoms with Crippen molar-refractivity contribution in [2.45, 2.75) is 12.8 Å². The van der Waals surface area contributed by atoms with Gasteiger partial charge in [0, 0.05) is 17.5 Å². The third-order valence-corrected chi connectivity index (χ3v) is 4.11. The fourth-order valence-electron chi connectivity index (χ4n) is 2.77. The number of hydrogen-bond donors (Lipinski definition) is 1. The summed E-state index contributed by atoms with van der Waals surface area (Å²) in [5.74, 6) is -2.19. The molecule has 0 spiro atoms. The molecule has 1 unspecified atom stereocenters. The summed E-state index contributed by atoms with van der Waals surface area (Å²) in [4.78, 5) is 29.2. The van der Waals surface area contributed by atoms with Gasteiger partial charge < -0.3 is 9.52 Å². The van der Waals surface area contributed by atoms with Gasteiger partial charge in [-0.25, -0.2) is 0 Å². The highest BCUT2D eigenvalue weighted by Gasteiger charge is 2.48. The molecule has 25 heavy (non-hydrogen) atoms. The number of carboxylic acid groups (broad SMARTS) is 1. The number of nitrogens with zero attached hydrogens (tertiary/aromatic N) is 2. The standard InChI is InChI=1S/C19H14N2O4/c20-10-9-19(18(23)24,17(22)16-6-3-11-25-16)12-14-8-7-13-4-1-2-5-15(13)21-14/h1-8,11H,9,12H2,(H,23,24). The van der Waals surface area contributed by atoms with E-state index in [1.165, 1.54) is 18.4 Å². The quantitative estimate of drug-likeness (QED) is 0.548. The molecule has 3 aromatic rings. The molecule has 1 N–H and O–H groups in total. The maximum absolute atomic E-state index is 12.8. The maximum atomic E-state index is 12.8. The predicted molar refractivity (Wildman–Crippen MR) is 88.8 cm³/mol. The van der Waals surface area contributed by atoms with Gasteiger partial charge in [0.2, 0.25) is 5.78 Å². The van der Waals surface area contributed by atoms with Gasteiger partial charge in [-0.05, 0) is 24.3 Å². The number of aliphatic carboxylic acids is 1. The van der Waals surface area contributed by atoms with E-state index in [1.54, 1.807) is 12.1 Å². The lowest BCUT2D eigenvalue weighted by molar-refractivity contribution is -0.145. The van der Waals surface area contributed by atoms with E-state index in [4.69, 9.17) is 9.68 Å². The number of Topliss-reactive ketones (excluding diaryl/α,β-unsaturated/α-hetero) is 1. The van der Waals surface area contributed by atoms with Crippen molar-refractivity contribution < 1.29 is 19.1 Å². The van der Waals surface area contributed by atoms with Crippen molar-refractivity contribution in [1.29, 1.82) is 5.26 Å². The lowest BCUT2D eigenvalue weighted by Crippen LogP contribution is -2.41. The SMILES string of the molecule is N#CCC(Cc1ccc2ccccc2n1)(C(=O)O)C(=O)c1ccco1. The Morgan fingerprint density at radius 3 is 2.64 bits per heavy atom. The number of carbonyl (C=O) groups excluding carboxylic acids is 1. The number of furan rings is 1. The zero-order valence-corrected chi connectivity index (χ0v) is 13.2. The van der Waals surface area contributed by atoms with Gasteiger partial charge in [-0.2, -0.15) is 5.26 Å². The van der Waals surface area contributed by atoms with E-state index in [2.05, 4.69) is 4.98 Å². The number of aromatic nitrogens is 1. The van der Waals surface area contributed by atoms with Crippen LogP contribution in [0.4, 0.5) is 0 Å². The molecule has 0 fully saturated rings. The molecule has 6 heteroatoms. The number of fused-ring (bicyclic) bond motifs is 1. The fourth-order valence-corrected chi connectivity index (χ4v) is 2.77. The topological polar surface area (TPSA) is 104 Å². The molecule has 124 valence electrons. The first-order chi connectivity index (χ1) is 12.1. The number of nitriles is 1. The van der Waals surface area contributed by atoms with Gasteiger partial charge in [0.15, 0.2) is 11.2 Å². The molecule has 2 heterocycles. The van der Waals surface area contributed by atoms with Gasteiger partial charge >= 0.3 is 5.97 Å². The van der Waals surface area contributed by atoms with E-state index < -0.39 is 23.6 Å². The molecular formula is C19H14N2O4. The number of para-hydroxylation sites is 1. The van der Waals surface area contributed by atoms with Crippen LogP contribution in [-0.2, 0) is 11.2 Å². The van der Waals surface area contributed by atoms with Crippen LogP contribution in [0.1, 0.15) is 22.7 Å². The minimum atomic E-state index is -1.94. The van der Waals surface area contributed by atoms with Crippen molar-refractivity contribution in [3.8, 4) is 6.07 Å². The molecule has 1 atom stereocenters. The predicted octanol–water partition coefficient (Wildman–Crippen LogP) is 3.24. The van der Waals surface area contributed by atoms with Crippen LogP contribution in [0.3, 0.4) is 0 Å². The smallest absolute Gasteiger partial charge is 0.319 e. The fraction of sp³-hybridized carbons (Fsp3) is 0.158. The molecule has 3 rings (SSSR count). The average Bonchev–Trinajstić information content (AvgIpc) is 3.15. The van der Waals surface area contributed by atoms with Crippen LogP contribution in [0.25, 0.3) is 10.9 Å². The van der Waals surface area contributed by atoms with E-state index in [0.717, 1.165) is 5.39 Å². The summed E-state index contributed by atoms with van der Waals surface area (Å²) in [5, 5.41) is 19.8. The van der Waals surface area contributed by atoms with Crippen molar-refractivity contribution in [2.75, 3.05) is 0 Å². The Balaban J connectivity index is 2.06. The van der Waals surface area contributed by atoms with Gasteiger partial charge in [0.25, 0.3) is 0 Å². The first kappa shape index (κ1) is 16.4. The lowest BCUT2D eigenvalue weighted by atomic mass is 9.75. The Morgan fingerprint density at radius 2 is 1.96 bits per heavy atom. The number of carbonyl (C=O) groups is 2. The van der Waals surface area contributed by atoms with Gasteiger partial charge in [-0.15, -0.1) is 0 Å². The largest absolute Gasteiger partial charge is 0.480 e. The molecule has 0 amide bonds. The zero-order valence-electron chi connectivity index (χ0n) is 13.2. The van der Waals surface area contributed by atoms with Gasteiger partial charge in [0.1, 0.15) is 0 Å². The molecule has 2 aromatic heterocycles. The second-order valence-electron chi connectivity index (χ2n) is 5.70. The monoisotopic (exact) mass is 334 g/mol. The number of pyridine rings is 1. The second kappa shape index (κ2) is 6.57. The number of ketones is 1. The molecule has 0 aliphatic carbocycles. The van der Waals surface area contributed by atoms with Crippen molar-refractivity contribution >= 4 is 22.7 Å². The first-order valence-electron chi connectivity index (χ1n) is 7.60. The molecule has 0 bridgehead atoms. The summed E-state index contributed by atoms with van der Waals surface area (Å²) in [7, 11) is 0. The Morgan fingerprint density at radius 1 is 1.16 bits per heavy atom. The molecule has 0 radical (unpaired) electrons.